The van der Waals surface area contributed by atoms with Crippen molar-refractivity contribution in [3.8, 4) is 0 Å². The van der Waals surface area contributed by atoms with Crippen LogP contribution in [0.15, 0.2) is 11.6 Å². The van der Waals surface area contributed by atoms with Crippen LogP contribution in [0.4, 0.5) is 0 Å². The van der Waals surface area contributed by atoms with E-state index in [0.29, 0.717) is 40.1 Å². The lowest BCUT2D eigenvalue weighted by Gasteiger charge is -2.63. The summed E-state index contributed by atoms with van der Waals surface area (Å²) in [6.45, 7) is 14.8. The Bertz CT molecular complexity index is 780. The van der Waals surface area contributed by atoms with E-state index in [9.17, 15) is 10.2 Å². The van der Waals surface area contributed by atoms with Crippen LogP contribution in [0.25, 0.3) is 0 Å². The van der Waals surface area contributed by atoms with Crippen molar-refractivity contribution in [3.05, 3.63) is 11.6 Å². The second-order valence-electron chi connectivity index (χ2n) is 14.3. The molecule has 2 nitrogen and oxygen atoms in total. The van der Waals surface area contributed by atoms with Crippen molar-refractivity contribution in [2.75, 3.05) is 6.61 Å². The van der Waals surface area contributed by atoms with E-state index < -0.39 is 0 Å². The Morgan fingerprint density at radius 3 is 2.25 bits per heavy atom. The predicted molar refractivity (Wildman–Crippen MR) is 132 cm³/mol. The quantitative estimate of drug-likeness (QED) is 0.444. The van der Waals surface area contributed by atoms with Gasteiger partial charge in [-0.2, -0.15) is 0 Å². The number of aliphatic hydroxyl groups is 2. The summed E-state index contributed by atoms with van der Waals surface area (Å²) in [5.74, 6) is 2.71. The minimum atomic E-state index is -0.112. The van der Waals surface area contributed by atoms with Gasteiger partial charge in [-0.15, -0.1) is 0 Å². The number of hydrogen-bond acceptors (Lipinski definition) is 2. The zero-order valence-corrected chi connectivity index (χ0v) is 21.8. The molecule has 32 heavy (non-hydrogen) atoms. The van der Waals surface area contributed by atoms with Crippen LogP contribution in [-0.2, 0) is 0 Å². The van der Waals surface area contributed by atoms with Gasteiger partial charge in [0.15, 0.2) is 0 Å². The minimum absolute atomic E-state index is 0.0828. The first kappa shape index (κ1) is 23.4. The number of rotatable bonds is 5. The Morgan fingerprint density at radius 2 is 1.56 bits per heavy atom. The fourth-order valence-electron chi connectivity index (χ4n) is 11.1. The molecule has 0 amide bonds. The molecule has 0 aromatic carbocycles. The Labute approximate surface area is 197 Å². The van der Waals surface area contributed by atoms with Crippen LogP contribution in [0.2, 0.25) is 0 Å². The standard InChI is InChI=1S/C30H50O2/c1-20(2)8-7-9-21(18-31)22-12-14-28(6)24-11-10-23-26(3,4)25(32)13-15-29(23)19-30(24,29)17-16-27(22,28)5/h8,21-25,31-32H,7,9-19H2,1-6H3/t21-,22+,23-,24-,25-,27+,28-,29+,30-/m0/s1. The SMILES string of the molecule is CC(C)=CCC[C@@H](CO)[C@H]1CC[C@@]2(C)[C@@H]3CC[C@H]4C(C)(C)[C@@H](O)CC[C@@]45C[C@@]35CC[C@]12C. The van der Waals surface area contributed by atoms with Crippen LogP contribution in [0.5, 0.6) is 0 Å². The van der Waals surface area contributed by atoms with Crippen molar-refractivity contribution >= 4 is 0 Å². The van der Waals surface area contributed by atoms with Gasteiger partial charge in [0.2, 0.25) is 0 Å². The molecule has 0 bridgehead atoms. The second-order valence-corrected chi connectivity index (χ2v) is 14.3. The Morgan fingerprint density at radius 1 is 0.875 bits per heavy atom. The van der Waals surface area contributed by atoms with Crippen molar-refractivity contribution in [2.45, 2.75) is 118 Å². The van der Waals surface area contributed by atoms with Crippen LogP contribution in [-0.4, -0.2) is 22.9 Å². The normalized spacial score (nSPS) is 51.6. The number of fused-ring (bicyclic) bond motifs is 2. The molecule has 5 fully saturated rings. The van der Waals surface area contributed by atoms with Crippen LogP contribution in [0.1, 0.15) is 112 Å². The molecular weight excluding hydrogens is 392 g/mol. The summed E-state index contributed by atoms with van der Waals surface area (Å²) in [6, 6.07) is 0. The molecule has 5 saturated carbocycles. The molecular formula is C30H50O2. The van der Waals surface area contributed by atoms with Gasteiger partial charge in [-0.05, 0) is 135 Å². The highest BCUT2D eigenvalue weighted by molar-refractivity contribution is 5.30. The van der Waals surface area contributed by atoms with Crippen molar-refractivity contribution in [1.29, 1.82) is 0 Å². The lowest BCUT2D eigenvalue weighted by atomic mass is 9.41. The van der Waals surface area contributed by atoms with E-state index in [1.54, 1.807) is 0 Å². The third-order valence-corrected chi connectivity index (χ3v) is 13.0. The highest BCUT2D eigenvalue weighted by Crippen LogP contribution is 2.89. The van der Waals surface area contributed by atoms with Crippen molar-refractivity contribution in [1.82, 2.24) is 0 Å². The van der Waals surface area contributed by atoms with Crippen molar-refractivity contribution in [2.24, 2.45) is 50.7 Å². The van der Waals surface area contributed by atoms with Gasteiger partial charge in [-0.1, -0.05) is 39.3 Å². The molecule has 2 spiro atoms. The summed E-state index contributed by atoms with van der Waals surface area (Å²) in [7, 11) is 0. The second kappa shape index (κ2) is 7.33. The zero-order valence-electron chi connectivity index (χ0n) is 21.8. The molecule has 0 aliphatic heterocycles. The topological polar surface area (TPSA) is 40.5 Å². The molecule has 0 saturated heterocycles. The van der Waals surface area contributed by atoms with Crippen LogP contribution >= 0.6 is 0 Å². The zero-order chi connectivity index (χ0) is 23.2. The van der Waals surface area contributed by atoms with Crippen LogP contribution in [0, 0.1) is 50.7 Å². The fraction of sp³-hybridized carbons (Fsp3) is 0.933. The maximum Gasteiger partial charge on any atom is 0.0594 e. The van der Waals surface area contributed by atoms with E-state index in [1.165, 1.54) is 56.9 Å². The van der Waals surface area contributed by atoms with E-state index in [-0.39, 0.29) is 11.5 Å². The van der Waals surface area contributed by atoms with Crippen LogP contribution < -0.4 is 0 Å². The third-order valence-electron chi connectivity index (χ3n) is 13.0. The number of allylic oxidation sites excluding steroid dienone is 2. The van der Waals surface area contributed by atoms with Gasteiger partial charge in [-0.25, -0.2) is 0 Å². The average molecular weight is 443 g/mol. The summed E-state index contributed by atoms with van der Waals surface area (Å²) in [6.07, 6.45) is 16.4. The lowest BCUT2D eigenvalue weighted by molar-refractivity contribution is -0.162. The molecule has 5 aliphatic carbocycles. The number of hydrogen-bond donors (Lipinski definition) is 2. The molecule has 0 heterocycles. The van der Waals surface area contributed by atoms with Crippen molar-refractivity contribution < 1.29 is 10.2 Å². The summed E-state index contributed by atoms with van der Waals surface area (Å²) in [5, 5.41) is 21.3. The smallest absolute Gasteiger partial charge is 0.0594 e. The van der Waals surface area contributed by atoms with Gasteiger partial charge < -0.3 is 10.2 Å². The van der Waals surface area contributed by atoms with Gasteiger partial charge in [0, 0.05) is 6.61 Å². The predicted octanol–water partition coefficient (Wildman–Crippen LogP) is 7.14. The summed E-state index contributed by atoms with van der Waals surface area (Å²) in [5.41, 5.74) is 3.38. The van der Waals surface area contributed by atoms with E-state index in [4.69, 9.17) is 0 Å². The van der Waals surface area contributed by atoms with Gasteiger partial charge in [-0.3, -0.25) is 0 Å². The molecule has 0 unspecified atom stereocenters. The molecule has 2 N–H and O–H groups in total. The average Bonchev–Trinajstić information content (AvgIpc) is 3.32. The molecule has 5 aliphatic rings. The Kier molecular flexibility index (Phi) is 5.36. The highest BCUT2D eigenvalue weighted by Gasteiger charge is 2.82. The summed E-state index contributed by atoms with van der Waals surface area (Å²) >= 11 is 0. The summed E-state index contributed by atoms with van der Waals surface area (Å²) in [4.78, 5) is 0. The van der Waals surface area contributed by atoms with E-state index >= 15 is 0 Å². The van der Waals surface area contributed by atoms with Crippen LogP contribution in [0.3, 0.4) is 0 Å². The first-order valence-corrected chi connectivity index (χ1v) is 13.9. The number of aliphatic hydroxyl groups excluding tert-OH is 2. The van der Waals surface area contributed by atoms with Gasteiger partial charge in [0.1, 0.15) is 0 Å². The largest absolute Gasteiger partial charge is 0.396 e. The van der Waals surface area contributed by atoms with E-state index in [1.807, 2.05) is 0 Å². The first-order chi connectivity index (χ1) is 15.0. The molecule has 0 aromatic rings. The monoisotopic (exact) mass is 442 g/mol. The minimum Gasteiger partial charge on any atom is -0.396 e. The summed E-state index contributed by atoms with van der Waals surface area (Å²) < 4.78 is 0. The third kappa shape index (κ3) is 2.78. The lowest BCUT2D eigenvalue weighted by Crippen LogP contribution is -2.57. The maximum atomic E-state index is 10.8. The molecule has 0 radical (unpaired) electrons. The van der Waals surface area contributed by atoms with Gasteiger partial charge >= 0.3 is 0 Å². The maximum absolute atomic E-state index is 10.8. The van der Waals surface area contributed by atoms with Gasteiger partial charge in [0.05, 0.1) is 6.10 Å². The molecule has 2 heteroatoms. The molecule has 182 valence electrons. The van der Waals surface area contributed by atoms with E-state index in [2.05, 4.69) is 47.6 Å². The van der Waals surface area contributed by atoms with E-state index in [0.717, 1.165) is 31.1 Å². The molecule has 5 rings (SSSR count). The highest BCUT2D eigenvalue weighted by atomic mass is 16.3. The van der Waals surface area contributed by atoms with Crippen molar-refractivity contribution in [3.63, 3.8) is 0 Å². The first-order valence-electron chi connectivity index (χ1n) is 13.9. The van der Waals surface area contributed by atoms with Gasteiger partial charge in [0.25, 0.3) is 0 Å². The fourth-order valence-corrected chi connectivity index (χ4v) is 11.1. The Balaban J connectivity index is 1.42. The molecule has 9 atom stereocenters. The molecule has 0 aromatic heterocycles. The Hall–Kier alpha value is -0.340.